The summed E-state index contributed by atoms with van der Waals surface area (Å²) < 4.78 is 7.28. The fraction of sp³-hybridized carbons (Fsp3) is 0.0909. The van der Waals surface area contributed by atoms with Crippen molar-refractivity contribution in [1.29, 1.82) is 0 Å². The Morgan fingerprint density at radius 1 is 0.333 bits per heavy atom. The lowest BCUT2D eigenvalue weighted by molar-refractivity contribution is 0.493. The first kappa shape index (κ1) is 39.7. The average Bonchev–Trinajstić information content (AvgIpc) is 3.77. The molecule has 0 atom stereocenters. The Balaban J connectivity index is 1.01. The van der Waals surface area contributed by atoms with E-state index in [-0.39, 0.29) is 10.8 Å². The van der Waals surface area contributed by atoms with E-state index in [4.69, 9.17) is 4.74 Å². The molecule has 328 valence electrons. The number of nitrogens with zero attached hydrogens (tertiary/aromatic N) is 2. The van der Waals surface area contributed by atoms with E-state index in [0.29, 0.717) is 0 Å². The summed E-state index contributed by atoms with van der Waals surface area (Å²) in [6.45, 7) is 9.51. The molecule has 0 aromatic heterocycles. The summed E-state index contributed by atoms with van der Waals surface area (Å²) in [5.41, 5.74) is 19.2. The first-order valence-corrected chi connectivity index (χ1v) is 24.2. The smallest absolute Gasteiger partial charge is 0.138 e. The lowest BCUT2D eigenvalue weighted by atomic mass is 9.81. The number of para-hydroxylation sites is 2. The Kier molecular flexibility index (Phi) is 8.38. The molecule has 0 radical (unpaired) electrons. The van der Waals surface area contributed by atoms with Crippen molar-refractivity contribution in [3.8, 4) is 44.9 Å². The maximum absolute atomic E-state index is 7.28. The molecule has 11 aromatic rings. The van der Waals surface area contributed by atoms with Gasteiger partial charge >= 0.3 is 0 Å². The second kappa shape index (κ2) is 14.6. The minimum Gasteiger partial charge on any atom is -0.456 e. The van der Waals surface area contributed by atoms with Crippen LogP contribution in [-0.4, -0.2) is 0 Å². The Hall–Kier alpha value is -8.40. The molecule has 0 bridgehead atoms. The minimum absolute atomic E-state index is 0.204. The van der Waals surface area contributed by atoms with Crippen LogP contribution in [0.1, 0.15) is 49.9 Å². The van der Waals surface area contributed by atoms with Crippen molar-refractivity contribution in [2.24, 2.45) is 0 Å². The first-order chi connectivity index (χ1) is 33.8. The van der Waals surface area contributed by atoms with Crippen LogP contribution in [0, 0.1) is 0 Å². The Morgan fingerprint density at radius 2 is 0.855 bits per heavy atom. The SMILES string of the molecule is CC1(C)c2ccccc2-c2cccc(N(c3ccccc3)c3cc4c5c(ccc6cc(N(c7ccccc7-c7ccccc7)c7cccc8c7C(C)(C)c7ccccc7-8)c7cccc(c7c65)O4)c3)c21. The third kappa shape index (κ3) is 5.62. The molecule has 0 amide bonds. The summed E-state index contributed by atoms with van der Waals surface area (Å²) in [7, 11) is 0. The number of hydrogen-bond donors (Lipinski definition) is 0. The molecule has 1 heterocycles. The highest BCUT2D eigenvalue weighted by Crippen LogP contribution is 2.59. The zero-order valence-electron chi connectivity index (χ0n) is 39.1. The maximum atomic E-state index is 7.28. The van der Waals surface area contributed by atoms with E-state index in [1.54, 1.807) is 0 Å². The molecule has 3 aliphatic rings. The lowest BCUT2D eigenvalue weighted by Crippen LogP contribution is -2.21. The van der Waals surface area contributed by atoms with Gasteiger partial charge in [-0.1, -0.05) is 191 Å². The third-order valence-corrected chi connectivity index (χ3v) is 15.5. The van der Waals surface area contributed by atoms with Crippen LogP contribution in [-0.2, 0) is 10.8 Å². The van der Waals surface area contributed by atoms with Gasteiger partial charge in [-0.2, -0.15) is 0 Å². The van der Waals surface area contributed by atoms with Crippen LogP contribution in [0.2, 0.25) is 0 Å². The molecule has 69 heavy (non-hydrogen) atoms. The zero-order chi connectivity index (χ0) is 46.2. The van der Waals surface area contributed by atoms with Gasteiger partial charge in [-0.25, -0.2) is 0 Å². The van der Waals surface area contributed by atoms with E-state index < -0.39 is 0 Å². The fourth-order valence-corrected chi connectivity index (χ4v) is 12.6. The summed E-state index contributed by atoms with van der Waals surface area (Å²) in [5, 5.41) is 6.95. The Bertz CT molecular complexity index is 3940. The van der Waals surface area contributed by atoms with E-state index in [1.165, 1.54) is 77.8 Å². The lowest BCUT2D eigenvalue weighted by Gasteiger charge is -2.35. The molecule has 2 aliphatic carbocycles. The van der Waals surface area contributed by atoms with Gasteiger partial charge in [-0.15, -0.1) is 0 Å². The largest absolute Gasteiger partial charge is 0.456 e. The van der Waals surface area contributed by atoms with E-state index in [0.717, 1.165) is 55.8 Å². The maximum Gasteiger partial charge on any atom is 0.138 e. The second-order valence-corrected chi connectivity index (χ2v) is 20.0. The molecule has 14 rings (SSSR count). The van der Waals surface area contributed by atoms with Crippen LogP contribution in [0.15, 0.2) is 218 Å². The molecular formula is C66H48N2O. The molecule has 0 saturated carbocycles. The zero-order valence-corrected chi connectivity index (χ0v) is 39.1. The number of fused-ring (bicyclic) bond motifs is 6. The number of anilines is 6. The van der Waals surface area contributed by atoms with Crippen molar-refractivity contribution in [2.75, 3.05) is 9.80 Å². The Morgan fingerprint density at radius 3 is 1.52 bits per heavy atom. The summed E-state index contributed by atoms with van der Waals surface area (Å²) in [5.74, 6) is 1.73. The molecule has 0 saturated heterocycles. The predicted octanol–water partition coefficient (Wildman–Crippen LogP) is 18.5. The molecular weight excluding hydrogens is 837 g/mol. The molecule has 0 N–H and O–H groups in total. The number of hydrogen-bond acceptors (Lipinski definition) is 3. The van der Waals surface area contributed by atoms with Crippen molar-refractivity contribution in [3.63, 3.8) is 0 Å². The van der Waals surface area contributed by atoms with Crippen LogP contribution < -0.4 is 14.5 Å². The van der Waals surface area contributed by atoms with E-state index >= 15 is 0 Å². The summed E-state index contributed by atoms with van der Waals surface area (Å²) in [4.78, 5) is 4.99. The van der Waals surface area contributed by atoms with Gasteiger partial charge in [0.2, 0.25) is 0 Å². The van der Waals surface area contributed by atoms with Gasteiger partial charge in [0.1, 0.15) is 11.5 Å². The van der Waals surface area contributed by atoms with Crippen LogP contribution in [0.3, 0.4) is 0 Å². The van der Waals surface area contributed by atoms with Gasteiger partial charge in [0, 0.05) is 49.7 Å². The van der Waals surface area contributed by atoms with Crippen molar-refractivity contribution in [2.45, 2.75) is 38.5 Å². The van der Waals surface area contributed by atoms with Crippen LogP contribution in [0.25, 0.3) is 65.7 Å². The molecule has 0 spiro atoms. The van der Waals surface area contributed by atoms with Crippen LogP contribution >= 0.6 is 0 Å². The van der Waals surface area contributed by atoms with Gasteiger partial charge in [-0.3, -0.25) is 0 Å². The van der Waals surface area contributed by atoms with E-state index in [9.17, 15) is 0 Å². The third-order valence-electron chi connectivity index (χ3n) is 15.5. The van der Waals surface area contributed by atoms with Gasteiger partial charge in [-0.05, 0) is 109 Å². The van der Waals surface area contributed by atoms with E-state index in [2.05, 4.69) is 256 Å². The highest BCUT2D eigenvalue weighted by molar-refractivity contribution is 6.28. The minimum atomic E-state index is -0.245. The standard InChI is InChI=1S/C66H48N2O/c1-65(2)52-30-14-11-25-47(52)49-27-17-33-55(63(49)65)67(44-22-9-6-10-23-44)45-38-42-36-37-43-39-57(51-29-19-35-58-62(51)61(43)60(42)59(40-45)69-58)68(54-32-16-13-24-46(54)41-20-7-5-8-21-41)56-34-18-28-50-48-26-12-15-31-53(48)66(3,4)64(50)56/h5-40H,1-4H3. The number of ether oxygens (including phenoxy) is 1. The van der Waals surface area contributed by atoms with Gasteiger partial charge in [0.05, 0.1) is 28.4 Å². The van der Waals surface area contributed by atoms with Gasteiger partial charge < -0.3 is 14.5 Å². The average molecular weight is 885 g/mol. The van der Waals surface area contributed by atoms with Gasteiger partial charge in [0.25, 0.3) is 0 Å². The number of benzene rings is 11. The number of rotatable bonds is 7. The molecule has 3 heteroatoms. The topological polar surface area (TPSA) is 15.7 Å². The van der Waals surface area contributed by atoms with Crippen molar-refractivity contribution < 1.29 is 4.74 Å². The second-order valence-electron chi connectivity index (χ2n) is 20.0. The highest BCUT2D eigenvalue weighted by Gasteiger charge is 2.41. The van der Waals surface area contributed by atoms with Gasteiger partial charge in [0.15, 0.2) is 0 Å². The van der Waals surface area contributed by atoms with Crippen molar-refractivity contribution in [1.82, 2.24) is 0 Å². The first-order valence-electron chi connectivity index (χ1n) is 24.2. The van der Waals surface area contributed by atoms with Crippen molar-refractivity contribution >= 4 is 66.4 Å². The molecule has 0 unspecified atom stereocenters. The van der Waals surface area contributed by atoms with E-state index in [1.807, 2.05) is 0 Å². The quantitative estimate of drug-likeness (QED) is 0.148. The van der Waals surface area contributed by atoms with Crippen LogP contribution in [0.4, 0.5) is 34.1 Å². The molecule has 3 nitrogen and oxygen atoms in total. The summed E-state index contributed by atoms with van der Waals surface area (Å²) in [6.07, 6.45) is 0. The Labute approximate surface area is 403 Å². The summed E-state index contributed by atoms with van der Waals surface area (Å²) >= 11 is 0. The molecule has 11 aromatic carbocycles. The highest BCUT2D eigenvalue weighted by atomic mass is 16.5. The summed E-state index contributed by atoms with van der Waals surface area (Å²) in [6, 6.07) is 80.4. The predicted molar refractivity (Wildman–Crippen MR) is 289 cm³/mol. The molecule has 0 fully saturated rings. The van der Waals surface area contributed by atoms with Crippen molar-refractivity contribution in [3.05, 3.63) is 241 Å². The fourth-order valence-electron chi connectivity index (χ4n) is 12.6. The molecule has 1 aliphatic heterocycles. The normalized spacial score (nSPS) is 14.1. The monoisotopic (exact) mass is 884 g/mol. The van der Waals surface area contributed by atoms with Crippen LogP contribution in [0.5, 0.6) is 11.5 Å².